The van der Waals surface area contributed by atoms with Crippen LogP contribution in [0.2, 0.25) is 0 Å². The van der Waals surface area contributed by atoms with Crippen LogP contribution in [0.25, 0.3) is 0 Å². The van der Waals surface area contributed by atoms with E-state index in [4.69, 9.17) is 11.6 Å². The Bertz CT molecular complexity index is 222. The highest BCUT2D eigenvalue weighted by atomic mass is 35.5. The van der Waals surface area contributed by atoms with Crippen molar-refractivity contribution in [2.24, 2.45) is 0 Å². The number of thiophene rings is 1. The van der Waals surface area contributed by atoms with Gasteiger partial charge in [-0.2, -0.15) is 0 Å². The molecular weight excluding hydrogens is 180 g/mol. The van der Waals surface area contributed by atoms with E-state index in [1.807, 2.05) is 12.1 Å². The Balaban J connectivity index is 2.71. The molecule has 1 nitrogen and oxygen atoms in total. The Hall–Kier alpha value is -0.0500. The van der Waals surface area contributed by atoms with Gasteiger partial charge >= 0.3 is 0 Å². The molecule has 1 N–H and O–H groups in total. The van der Waals surface area contributed by atoms with Gasteiger partial charge in [-0.05, 0) is 18.6 Å². The highest BCUT2D eigenvalue weighted by molar-refractivity contribution is 7.12. The Labute approximate surface area is 75.6 Å². The summed E-state index contributed by atoms with van der Waals surface area (Å²) < 4.78 is 0. The molecule has 0 aromatic carbocycles. The van der Waals surface area contributed by atoms with Gasteiger partial charge in [0.25, 0.3) is 0 Å². The van der Waals surface area contributed by atoms with Crippen LogP contribution in [0.3, 0.4) is 0 Å². The first-order chi connectivity index (χ1) is 5.27. The Morgan fingerprint density at radius 1 is 1.64 bits per heavy atom. The largest absolute Gasteiger partial charge is 0.386 e. The number of aryl methyl sites for hydroxylation is 1. The van der Waals surface area contributed by atoms with E-state index >= 15 is 0 Å². The minimum absolute atomic E-state index is 0.281. The maximum atomic E-state index is 9.32. The highest BCUT2D eigenvalue weighted by Gasteiger charge is 2.07. The van der Waals surface area contributed by atoms with Crippen LogP contribution in [-0.2, 0) is 6.42 Å². The van der Waals surface area contributed by atoms with Gasteiger partial charge in [-0.3, -0.25) is 0 Å². The van der Waals surface area contributed by atoms with E-state index in [0.717, 1.165) is 11.3 Å². The summed E-state index contributed by atoms with van der Waals surface area (Å²) in [7, 11) is 0. The molecule has 0 saturated heterocycles. The number of hydrogen-bond donors (Lipinski definition) is 1. The fourth-order valence-corrected chi connectivity index (χ4v) is 2.04. The molecule has 0 fully saturated rings. The summed E-state index contributed by atoms with van der Waals surface area (Å²) in [4.78, 5) is 2.26. The average Bonchev–Trinajstić information content (AvgIpc) is 2.50. The lowest BCUT2D eigenvalue weighted by Crippen LogP contribution is -1.93. The SMILES string of the molecule is CCc1ccc(C(O)CCl)s1. The van der Waals surface area contributed by atoms with Crippen LogP contribution in [0.1, 0.15) is 22.8 Å². The summed E-state index contributed by atoms with van der Waals surface area (Å²) in [6.45, 7) is 2.10. The molecule has 1 rings (SSSR count). The normalized spacial score (nSPS) is 13.4. The molecule has 0 radical (unpaired) electrons. The third-order valence-corrected chi connectivity index (χ3v) is 3.13. The maximum absolute atomic E-state index is 9.32. The van der Waals surface area contributed by atoms with E-state index < -0.39 is 6.10 Å². The van der Waals surface area contributed by atoms with Gasteiger partial charge in [-0.25, -0.2) is 0 Å². The van der Waals surface area contributed by atoms with Crippen molar-refractivity contribution in [3.63, 3.8) is 0 Å². The van der Waals surface area contributed by atoms with Gasteiger partial charge in [-0.15, -0.1) is 22.9 Å². The van der Waals surface area contributed by atoms with Crippen LogP contribution < -0.4 is 0 Å². The second-order valence-electron chi connectivity index (χ2n) is 2.33. The number of aliphatic hydroxyl groups is 1. The van der Waals surface area contributed by atoms with Crippen LogP contribution in [0.4, 0.5) is 0 Å². The lowest BCUT2D eigenvalue weighted by molar-refractivity contribution is 0.206. The second kappa shape index (κ2) is 4.10. The quantitative estimate of drug-likeness (QED) is 0.727. The van der Waals surface area contributed by atoms with E-state index in [9.17, 15) is 5.11 Å². The molecule has 62 valence electrons. The molecule has 0 spiro atoms. The molecule has 1 aromatic heterocycles. The third kappa shape index (κ3) is 2.19. The van der Waals surface area contributed by atoms with Gasteiger partial charge < -0.3 is 5.11 Å². The summed E-state index contributed by atoms with van der Waals surface area (Å²) in [5, 5.41) is 9.32. The Morgan fingerprint density at radius 3 is 2.82 bits per heavy atom. The number of rotatable bonds is 3. The van der Waals surface area contributed by atoms with Crippen LogP contribution in [0.15, 0.2) is 12.1 Å². The summed E-state index contributed by atoms with van der Waals surface area (Å²) in [6.07, 6.45) is 0.543. The van der Waals surface area contributed by atoms with E-state index in [-0.39, 0.29) is 5.88 Å². The minimum Gasteiger partial charge on any atom is -0.386 e. The van der Waals surface area contributed by atoms with Crippen molar-refractivity contribution >= 4 is 22.9 Å². The molecule has 0 bridgehead atoms. The summed E-state index contributed by atoms with van der Waals surface area (Å²) in [5.41, 5.74) is 0. The lowest BCUT2D eigenvalue weighted by Gasteiger charge is -2.00. The van der Waals surface area contributed by atoms with E-state index in [1.165, 1.54) is 4.88 Å². The van der Waals surface area contributed by atoms with Crippen molar-refractivity contribution in [3.8, 4) is 0 Å². The molecule has 0 aliphatic heterocycles. The van der Waals surface area contributed by atoms with Crippen molar-refractivity contribution in [2.75, 3.05) is 5.88 Å². The van der Waals surface area contributed by atoms with Gasteiger partial charge in [0.05, 0.1) is 5.88 Å². The predicted molar refractivity (Wildman–Crippen MR) is 49.4 cm³/mol. The molecule has 1 heterocycles. The van der Waals surface area contributed by atoms with Crippen molar-refractivity contribution in [1.82, 2.24) is 0 Å². The lowest BCUT2D eigenvalue weighted by atomic mass is 10.3. The van der Waals surface area contributed by atoms with Crippen LogP contribution in [0.5, 0.6) is 0 Å². The van der Waals surface area contributed by atoms with Crippen LogP contribution in [0, 0.1) is 0 Å². The standard InChI is InChI=1S/C8H11ClOS/c1-2-6-3-4-8(11-6)7(10)5-9/h3-4,7,10H,2,5H2,1H3. The molecule has 0 aliphatic carbocycles. The molecule has 1 unspecified atom stereocenters. The van der Waals surface area contributed by atoms with Crippen molar-refractivity contribution in [3.05, 3.63) is 21.9 Å². The Kier molecular flexibility index (Phi) is 3.37. The molecule has 0 amide bonds. The second-order valence-corrected chi connectivity index (χ2v) is 3.84. The van der Waals surface area contributed by atoms with Crippen molar-refractivity contribution in [1.29, 1.82) is 0 Å². The van der Waals surface area contributed by atoms with Crippen molar-refractivity contribution < 1.29 is 5.11 Å². The van der Waals surface area contributed by atoms with Crippen LogP contribution in [-0.4, -0.2) is 11.0 Å². The summed E-state index contributed by atoms with van der Waals surface area (Å²) in [6, 6.07) is 3.98. The fraction of sp³-hybridized carbons (Fsp3) is 0.500. The van der Waals surface area contributed by atoms with Gasteiger partial charge in [0.15, 0.2) is 0 Å². The molecule has 1 atom stereocenters. The monoisotopic (exact) mass is 190 g/mol. The van der Waals surface area contributed by atoms with E-state index in [1.54, 1.807) is 11.3 Å². The number of alkyl halides is 1. The van der Waals surface area contributed by atoms with E-state index in [0.29, 0.717) is 0 Å². The minimum atomic E-state index is -0.484. The molecule has 0 aliphatic rings. The predicted octanol–water partition coefficient (Wildman–Crippen LogP) is 2.58. The first-order valence-corrected chi connectivity index (χ1v) is 4.95. The number of hydrogen-bond acceptors (Lipinski definition) is 2. The first kappa shape index (κ1) is 9.04. The van der Waals surface area contributed by atoms with Gasteiger partial charge in [-0.1, -0.05) is 6.92 Å². The van der Waals surface area contributed by atoms with E-state index in [2.05, 4.69) is 6.92 Å². The maximum Gasteiger partial charge on any atom is 0.102 e. The van der Waals surface area contributed by atoms with Gasteiger partial charge in [0.1, 0.15) is 6.10 Å². The zero-order valence-corrected chi connectivity index (χ0v) is 7.95. The smallest absolute Gasteiger partial charge is 0.102 e. The van der Waals surface area contributed by atoms with Gasteiger partial charge in [0, 0.05) is 9.75 Å². The Morgan fingerprint density at radius 2 is 2.36 bits per heavy atom. The summed E-state index contributed by atoms with van der Waals surface area (Å²) >= 11 is 7.13. The van der Waals surface area contributed by atoms with Gasteiger partial charge in [0.2, 0.25) is 0 Å². The first-order valence-electron chi connectivity index (χ1n) is 3.60. The summed E-state index contributed by atoms with van der Waals surface area (Å²) in [5.74, 6) is 0.281. The molecule has 3 heteroatoms. The number of halogens is 1. The highest BCUT2D eigenvalue weighted by Crippen LogP contribution is 2.24. The average molecular weight is 191 g/mol. The van der Waals surface area contributed by atoms with Crippen LogP contribution >= 0.6 is 22.9 Å². The molecule has 1 aromatic rings. The molecule has 11 heavy (non-hydrogen) atoms. The number of aliphatic hydroxyl groups excluding tert-OH is 1. The van der Waals surface area contributed by atoms with Crippen molar-refractivity contribution in [2.45, 2.75) is 19.4 Å². The topological polar surface area (TPSA) is 20.2 Å². The zero-order valence-electron chi connectivity index (χ0n) is 6.38. The molecule has 0 saturated carbocycles. The molecular formula is C8H11ClOS. The third-order valence-electron chi connectivity index (χ3n) is 1.51. The fourth-order valence-electron chi connectivity index (χ4n) is 0.840. The zero-order chi connectivity index (χ0) is 8.27.